The highest BCUT2D eigenvalue weighted by Gasteiger charge is 2.25. The number of hydrogen-bond acceptors (Lipinski definition) is 4. The number of carboxylic acid groups (broad SMARTS) is 1. The fraction of sp³-hybridized carbons (Fsp3) is 0.314. The molecule has 1 aliphatic heterocycles. The number of amides is 4. The quantitative estimate of drug-likeness (QED) is 0.175. The van der Waals surface area contributed by atoms with Gasteiger partial charge >= 0.3 is 18.0 Å². The zero-order valence-electron chi connectivity index (χ0n) is 26.1. The van der Waals surface area contributed by atoms with Crippen LogP contribution in [0, 0.1) is 12.8 Å². The van der Waals surface area contributed by atoms with Crippen LogP contribution < -0.4 is 16.0 Å². The Morgan fingerprint density at radius 1 is 0.889 bits per heavy atom. The Bertz CT molecular complexity index is 1660. The lowest BCUT2D eigenvalue weighted by atomic mass is 9.89. The molecule has 0 atom stereocenters. The van der Waals surface area contributed by atoms with Gasteiger partial charge in [-0.15, -0.1) is 0 Å². The Labute approximate surface area is 263 Å². The summed E-state index contributed by atoms with van der Waals surface area (Å²) in [6.07, 6.45) is 2.44. The molecule has 0 unspecified atom stereocenters. The van der Waals surface area contributed by atoms with Crippen molar-refractivity contribution in [2.24, 2.45) is 5.92 Å². The van der Waals surface area contributed by atoms with Crippen molar-refractivity contribution in [2.75, 3.05) is 29.0 Å². The van der Waals surface area contributed by atoms with Gasteiger partial charge in [-0.1, -0.05) is 56.7 Å². The van der Waals surface area contributed by atoms with Gasteiger partial charge in [0.15, 0.2) is 0 Å². The van der Waals surface area contributed by atoms with E-state index in [-0.39, 0.29) is 23.0 Å². The SMILES string of the molecule is Cc1ccc(-n2nc(C(C)(C)C)cc2NC(=O)Nc2ccccc2CC2CCN(C(=O)Nc3ccc(C(=O)O)cc3)CC2)cc1. The molecule has 0 saturated carbocycles. The second-order valence-electron chi connectivity index (χ2n) is 12.6. The van der Waals surface area contributed by atoms with Crippen LogP contribution in [0.1, 0.15) is 60.8 Å². The van der Waals surface area contributed by atoms with Crippen LogP contribution in [0.2, 0.25) is 0 Å². The van der Waals surface area contributed by atoms with Crippen LogP contribution in [0.5, 0.6) is 0 Å². The Balaban J connectivity index is 1.20. The Kier molecular flexibility index (Phi) is 9.22. The molecular formula is C35H40N6O4. The van der Waals surface area contributed by atoms with E-state index in [0.29, 0.717) is 30.5 Å². The summed E-state index contributed by atoms with van der Waals surface area (Å²) in [6, 6.07) is 23.3. The summed E-state index contributed by atoms with van der Waals surface area (Å²) >= 11 is 0. The van der Waals surface area contributed by atoms with Crippen molar-refractivity contribution in [1.82, 2.24) is 14.7 Å². The minimum absolute atomic E-state index is 0.171. The lowest BCUT2D eigenvalue weighted by Gasteiger charge is -2.32. The van der Waals surface area contributed by atoms with E-state index < -0.39 is 5.97 Å². The van der Waals surface area contributed by atoms with Gasteiger partial charge < -0.3 is 20.6 Å². The number of rotatable bonds is 7. The van der Waals surface area contributed by atoms with Crippen molar-refractivity contribution in [2.45, 2.75) is 52.4 Å². The molecule has 4 aromatic rings. The molecule has 4 amide bonds. The molecule has 1 aromatic heterocycles. The molecule has 1 aliphatic rings. The summed E-state index contributed by atoms with van der Waals surface area (Å²) in [4.78, 5) is 38.9. The minimum Gasteiger partial charge on any atom is -0.478 e. The Morgan fingerprint density at radius 2 is 1.56 bits per heavy atom. The normalized spacial score (nSPS) is 13.7. The van der Waals surface area contributed by atoms with Gasteiger partial charge in [0.2, 0.25) is 0 Å². The van der Waals surface area contributed by atoms with Crippen LogP contribution >= 0.6 is 0 Å². The standard InChI is InChI=1S/C35H40N6O4/c1-23-9-15-28(16-10-23)41-31(22-30(39-41)35(2,3)4)38-33(44)37-29-8-6-5-7-26(29)21-24-17-19-40(20-18-24)34(45)36-27-13-11-25(12-14-27)32(42)43/h5-16,22,24H,17-21H2,1-4H3,(H,36,45)(H,42,43)(H2,37,38,44). The smallest absolute Gasteiger partial charge is 0.335 e. The van der Waals surface area contributed by atoms with Crippen molar-refractivity contribution < 1.29 is 19.5 Å². The molecule has 1 saturated heterocycles. The molecule has 4 N–H and O–H groups in total. The number of carbonyl (C=O) groups is 3. The first-order chi connectivity index (χ1) is 21.5. The van der Waals surface area contributed by atoms with E-state index in [1.165, 1.54) is 12.1 Å². The average molecular weight is 609 g/mol. The second kappa shape index (κ2) is 13.3. The van der Waals surface area contributed by atoms with E-state index in [2.05, 4.69) is 36.7 Å². The zero-order chi connectivity index (χ0) is 32.1. The van der Waals surface area contributed by atoms with E-state index in [4.69, 9.17) is 10.2 Å². The van der Waals surface area contributed by atoms with Crippen LogP contribution in [0.3, 0.4) is 0 Å². The Morgan fingerprint density at radius 3 is 2.20 bits per heavy atom. The third-order valence-electron chi connectivity index (χ3n) is 8.06. The molecule has 1 fully saturated rings. The van der Waals surface area contributed by atoms with E-state index in [0.717, 1.165) is 47.5 Å². The number of carbonyl (C=O) groups excluding carboxylic acids is 2. The maximum absolute atomic E-state index is 13.3. The zero-order valence-corrected chi connectivity index (χ0v) is 26.1. The summed E-state index contributed by atoms with van der Waals surface area (Å²) in [5.74, 6) is -0.0675. The number of likely N-dealkylation sites (tertiary alicyclic amines) is 1. The van der Waals surface area contributed by atoms with Crippen molar-refractivity contribution in [3.63, 3.8) is 0 Å². The average Bonchev–Trinajstić information content (AvgIpc) is 3.43. The van der Waals surface area contributed by atoms with Crippen molar-refractivity contribution >= 4 is 35.2 Å². The van der Waals surface area contributed by atoms with Gasteiger partial charge in [0.05, 0.1) is 16.9 Å². The first-order valence-electron chi connectivity index (χ1n) is 15.2. The van der Waals surface area contributed by atoms with Crippen LogP contribution in [0.15, 0.2) is 78.9 Å². The molecule has 45 heavy (non-hydrogen) atoms. The number of hydrogen-bond donors (Lipinski definition) is 4. The minimum atomic E-state index is -1.01. The van der Waals surface area contributed by atoms with Gasteiger partial charge in [-0.2, -0.15) is 5.10 Å². The summed E-state index contributed by atoms with van der Waals surface area (Å²) in [5.41, 5.74) is 5.20. The largest absolute Gasteiger partial charge is 0.478 e. The summed E-state index contributed by atoms with van der Waals surface area (Å²) in [5, 5.41) is 22.8. The molecule has 3 aromatic carbocycles. The molecule has 234 valence electrons. The molecule has 0 aliphatic carbocycles. The molecule has 0 bridgehead atoms. The molecule has 10 nitrogen and oxygen atoms in total. The number of para-hydroxylation sites is 1. The van der Waals surface area contributed by atoms with Crippen molar-refractivity contribution in [1.29, 1.82) is 0 Å². The maximum atomic E-state index is 13.3. The first-order valence-corrected chi connectivity index (χ1v) is 15.2. The van der Waals surface area contributed by atoms with Crippen LogP contribution in [0.25, 0.3) is 5.69 Å². The second-order valence-corrected chi connectivity index (χ2v) is 12.6. The van der Waals surface area contributed by atoms with Crippen LogP contribution in [-0.2, 0) is 11.8 Å². The molecule has 2 heterocycles. The highest BCUT2D eigenvalue weighted by Crippen LogP contribution is 2.28. The van der Waals surface area contributed by atoms with E-state index in [1.807, 2.05) is 61.5 Å². The summed E-state index contributed by atoms with van der Waals surface area (Å²) < 4.78 is 1.76. The van der Waals surface area contributed by atoms with Crippen LogP contribution in [-0.4, -0.2) is 50.9 Å². The number of aromatic nitrogens is 2. The number of aromatic carboxylic acids is 1. The van der Waals surface area contributed by atoms with E-state index in [9.17, 15) is 14.4 Å². The maximum Gasteiger partial charge on any atom is 0.335 e. The lowest BCUT2D eigenvalue weighted by molar-refractivity contribution is 0.0697. The van der Waals surface area contributed by atoms with Crippen LogP contribution in [0.4, 0.5) is 26.8 Å². The molecule has 5 rings (SSSR count). The predicted octanol–water partition coefficient (Wildman–Crippen LogP) is 7.31. The lowest BCUT2D eigenvalue weighted by Crippen LogP contribution is -2.41. The first kappa shape index (κ1) is 31.3. The monoisotopic (exact) mass is 608 g/mol. The number of urea groups is 2. The summed E-state index contributed by atoms with van der Waals surface area (Å²) in [7, 11) is 0. The fourth-order valence-electron chi connectivity index (χ4n) is 5.36. The third-order valence-corrected chi connectivity index (χ3v) is 8.06. The highest BCUT2D eigenvalue weighted by atomic mass is 16.4. The number of anilines is 3. The molecular weight excluding hydrogens is 568 g/mol. The van der Waals surface area contributed by atoms with Crippen molar-refractivity contribution in [3.8, 4) is 5.69 Å². The molecule has 0 radical (unpaired) electrons. The van der Waals surface area contributed by atoms with E-state index >= 15 is 0 Å². The number of piperidine rings is 1. The predicted molar refractivity (Wildman–Crippen MR) is 177 cm³/mol. The van der Waals surface area contributed by atoms with Crippen molar-refractivity contribution in [3.05, 3.63) is 101 Å². The number of nitrogens with zero attached hydrogens (tertiary/aromatic N) is 3. The summed E-state index contributed by atoms with van der Waals surface area (Å²) in [6.45, 7) is 9.52. The van der Waals surface area contributed by atoms with Gasteiger partial charge in [0, 0.05) is 35.9 Å². The Hall–Kier alpha value is -5.12. The highest BCUT2D eigenvalue weighted by molar-refractivity contribution is 6.00. The third kappa shape index (κ3) is 7.89. The number of carboxylic acids is 1. The topological polar surface area (TPSA) is 129 Å². The number of benzene rings is 3. The van der Waals surface area contributed by atoms with Gasteiger partial charge in [-0.05, 0) is 80.1 Å². The number of aryl methyl sites for hydroxylation is 1. The molecule has 10 heteroatoms. The molecule has 0 spiro atoms. The van der Waals surface area contributed by atoms with Gasteiger partial charge in [-0.3, -0.25) is 5.32 Å². The van der Waals surface area contributed by atoms with Gasteiger partial charge in [0.1, 0.15) is 5.82 Å². The fourth-order valence-corrected chi connectivity index (χ4v) is 5.36. The van der Waals surface area contributed by atoms with Gasteiger partial charge in [0.25, 0.3) is 0 Å². The van der Waals surface area contributed by atoms with E-state index in [1.54, 1.807) is 21.7 Å². The number of nitrogens with one attached hydrogen (secondary N) is 3. The van der Waals surface area contributed by atoms with Gasteiger partial charge in [-0.25, -0.2) is 19.1 Å².